The number of benzene rings is 1. The summed E-state index contributed by atoms with van der Waals surface area (Å²) in [7, 11) is 1.54. The standard InChI is InChI=1S/C22H35N3O4/c1-15(2)12-17(20(27)24-19(21(28)23-6)22(3,4)5)13-18(26)25-29-14-16-10-8-7-9-11-16/h7-11,15,17,19H,12-14H2,1-6H3,(H,23,28)(H,24,27)(H,25,26)/t17-,19-/m1/s1. The van der Waals surface area contributed by atoms with Gasteiger partial charge in [0.05, 0.1) is 6.61 Å². The zero-order valence-corrected chi connectivity index (χ0v) is 18.4. The molecule has 0 spiro atoms. The normalized spacial score (nSPS) is 13.5. The minimum atomic E-state index is -0.688. The van der Waals surface area contributed by atoms with Crippen LogP contribution in [-0.4, -0.2) is 30.8 Å². The summed E-state index contributed by atoms with van der Waals surface area (Å²) in [5, 5.41) is 5.42. The molecule has 1 rings (SSSR count). The predicted octanol–water partition coefficient (Wildman–Crippen LogP) is 2.56. The molecule has 1 aromatic carbocycles. The van der Waals surface area contributed by atoms with Gasteiger partial charge in [0.15, 0.2) is 0 Å². The van der Waals surface area contributed by atoms with Gasteiger partial charge in [-0.15, -0.1) is 0 Å². The molecule has 0 fully saturated rings. The first kappa shape index (κ1) is 24.6. The van der Waals surface area contributed by atoms with Gasteiger partial charge in [-0.2, -0.15) is 0 Å². The predicted molar refractivity (Wildman–Crippen MR) is 112 cm³/mol. The Kier molecular flexibility index (Phi) is 9.81. The van der Waals surface area contributed by atoms with Crippen LogP contribution in [0.2, 0.25) is 0 Å². The third-order valence-corrected chi connectivity index (χ3v) is 4.49. The summed E-state index contributed by atoms with van der Waals surface area (Å²) in [4.78, 5) is 42.7. The Bertz CT molecular complexity index is 668. The van der Waals surface area contributed by atoms with Crippen LogP contribution in [0.4, 0.5) is 0 Å². The summed E-state index contributed by atoms with van der Waals surface area (Å²) in [5.74, 6) is -1.26. The molecule has 3 N–H and O–H groups in total. The van der Waals surface area contributed by atoms with E-state index >= 15 is 0 Å². The number of likely N-dealkylation sites (N-methyl/N-ethyl adjacent to an activating group) is 1. The van der Waals surface area contributed by atoms with Crippen LogP contribution in [0.1, 0.15) is 53.0 Å². The van der Waals surface area contributed by atoms with E-state index in [-0.39, 0.29) is 36.7 Å². The number of carbonyl (C=O) groups excluding carboxylic acids is 3. The van der Waals surface area contributed by atoms with Crippen molar-refractivity contribution in [1.29, 1.82) is 0 Å². The van der Waals surface area contributed by atoms with Crippen molar-refractivity contribution in [2.24, 2.45) is 17.3 Å². The molecule has 29 heavy (non-hydrogen) atoms. The molecule has 0 radical (unpaired) electrons. The average molecular weight is 406 g/mol. The Morgan fingerprint density at radius 3 is 2.17 bits per heavy atom. The summed E-state index contributed by atoms with van der Waals surface area (Å²) >= 11 is 0. The molecule has 7 heteroatoms. The SMILES string of the molecule is CNC(=O)[C@@H](NC(=O)[C@@H](CC(=O)NOCc1ccccc1)CC(C)C)C(C)(C)C. The van der Waals surface area contributed by atoms with Gasteiger partial charge in [-0.25, -0.2) is 5.48 Å². The molecule has 0 saturated heterocycles. The molecule has 0 bridgehead atoms. The third kappa shape index (κ3) is 9.09. The molecular weight excluding hydrogens is 370 g/mol. The highest BCUT2D eigenvalue weighted by Gasteiger charge is 2.34. The van der Waals surface area contributed by atoms with Crippen molar-refractivity contribution in [3.8, 4) is 0 Å². The van der Waals surface area contributed by atoms with Gasteiger partial charge >= 0.3 is 0 Å². The summed E-state index contributed by atoms with van der Waals surface area (Å²) < 4.78 is 0. The minimum absolute atomic E-state index is 0.0105. The second kappa shape index (κ2) is 11.6. The van der Waals surface area contributed by atoms with E-state index in [4.69, 9.17) is 4.84 Å². The van der Waals surface area contributed by atoms with Crippen molar-refractivity contribution in [2.45, 2.75) is 60.1 Å². The Hall–Kier alpha value is -2.41. The van der Waals surface area contributed by atoms with Gasteiger partial charge in [-0.1, -0.05) is 65.0 Å². The van der Waals surface area contributed by atoms with E-state index in [9.17, 15) is 14.4 Å². The highest BCUT2D eigenvalue weighted by atomic mass is 16.6. The van der Waals surface area contributed by atoms with E-state index in [1.54, 1.807) is 0 Å². The Morgan fingerprint density at radius 1 is 1.03 bits per heavy atom. The molecule has 0 unspecified atom stereocenters. The third-order valence-electron chi connectivity index (χ3n) is 4.49. The molecule has 162 valence electrons. The molecule has 0 aliphatic heterocycles. The van der Waals surface area contributed by atoms with Crippen LogP contribution in [0.15, 0.2) is 30.3 Å². The Labute approximate surface area is 173 Å². The lowest BCUT2D eigenvalue weighted by Crippen LogP contribution is -2.54. The maximum atomic E-state index is 12.9. The lowest BCUT2D eigenvalue weighted by Gasteiger charge is -2.31. The second-order valence-electron chi connectivity index (χ2n) is 8.75. The zero-order chi connectivity index (χ0) is 22.0. The zero-order valence-electron chi connectivity index (χ0n) is 18.4. The van der Waals surface area contributed by atoms with Gasteiger partial charge in [-0.3, -0.25) is 19.2 Å². The molecule has 0 aromatic heterocycles. The number of hydroxylamine groups is 1. The topological polar surface area (TPSA) is 96.5 Å². The van der Waals surface area contributed by atoms with Gasteiger partial charge in [0.1, 0.15) is 6.04 Å². The van der Waals surface area contributed by atoms with Crippen LogP contribution < -0.4 is 16.1 Å². The van der Waals surface area contributed by atoms with Crippen molar-refractivity contribution < 1.29 is 19.2 Å². The van der Waals surface area contributed by atoms with Crippen LogP contribution in [-0.2, 0) is 25.8 Å². The van der Waals surface area contributed by atoms with Gasteiger partial charge in [0.25, 0.3) is 0 Å². The Morgan fingerprint density at radius 2 is 1.66 bits per heavy atom. The maximum Gasteiger partial charge on any atom is 0.244 e. The van der Waals surface area contributed by atoms with Gasteiger partial charge in [0.2, 0.25) is 17.7 Å². The molecule has 3 amide bonds. The highest BCUT2D eigenvalue weighted by Crippen LogP contribution is 2.22. The first-order valence-corrected chi connectivity index (χ1v) is 10.0. The van der Waals surface area contributed by atoms with Gasteiger partial charge in [-0.05, 0) is 23.3 Å². The number of hydrogen-bond donors (Lipinski definition) is 3. The number of nitrogens with one attached hydrogen (secondary N) is 3. The fourth-order valence-corrected chi connectivity index (χ4v) is 2.97. The number of amides is 3. The highest BCUT2D eigenvalue weighted by molar-refractivity contribution is 5.90. The van der Waals surface area contributed by atoms with E-state index in [2.05, 4.69) is 16.1 Å². The summed E-state index contributed by atoms with van der Waals surface area (Å²) in [5.41, 5.74) is 2.88. The smallest absolute Gasteiger partial charge is 0.244 e. The molecule has 1 aromatic rings. The quantitative estimate of drug-likeness (QED) is 0.521. The van der Waals surface area contributed by atoms with Crippen LogP contribution >= 0.6 is 0 Å². The first-order chi connectivity index (χ1) is 13.5. The van der Waals surface area contributed by atoms with Crippen molar-refractivity contribution in [3.63, 3.8) is 0 Å². The number of rotatable bonds is 10. The fourth-order valence-electron chi connectivity index (χ4n) is 2.97. The second-order valence-corrected chi connectivity index (χ2v) is 8.75. The fraction of sp³-hybridized carbons (Fsp3) is 0.591. The average Bonchev–Trinajstić information content (AvgIpc) is 2.64. The van der Waals surface area contributed by atoms with Crippen molar-refractivity contribution in [2.75, 3.05) is 7.05 Å². The number of hydrogen-bond acceptors (Lipinski definition) is 4. The molecule has 2 atom stereocenters. The van der Waals surface area contributed by atoms with Gasteiger partial charge in [0, 0.05) is 19.4 Å². The van der Waals surface area contributed by atoms with E-state index in [1.807, 2.05) is 65.0 Å². The van der Waals surface area contributed by atoms with Crippen LogP contribution in [0.5, 0.6) is 0 Å². The van der Waals surface area contributed by atoms with E-state index in [1.165, 1.54) is 7.05 Å². The number of carbonyl (C=O) groups is 3. The minimum Gasteiger partial charge on any atom is -0.357 e. The first-order valence-electron chi connectivity index (χ1n) is 10.0. The lowest BCUT2D eigenvalue weighted by atomic mass is 9.85. The van der Waals surface area contributed by atoms with Crippen LogP contribution in [0.25, 0.3) is 0 Å². The van der Waals surface area contributed by atoms with Crippen molar-refractivity contribution in [3.05, 3.63) is 35.9 Å². The summed E-state index contributed by atoms with van der Waals surface area (Å²) in [6, 6.07) is 8.79. The monoisotopic (exact) mass is 405 g/mol. The lowest BCUT2D eigenvalue weighted by molar-refractivity contribution is -0.140. The maximum absolute atomic E-state index is 12.9. The summed E-state index contributed by atoms with van der Waals surface area (Å²) in [6.07, 6.45) is 0.520. The van der Waals surface area contributed by atoms with Crippen molar-refractivity contribution in [1.82, 2.24) is 16.1 Å². The molecule has 0 aliphatic carbocycles. The van der Waals surface area contributed by atoms with E-state index in [0.29, 0.717) is 6.42 Å². The van der Waals surface area contributed by atoms with E-state index in [0.717, 1.165) is 5.56 Å². The molecular formula is C22H35N3O4. The van der Waals surface area contributed by atoms with Crippen LogP contribution in [0, 0.1) is 17.3 Å². The molecule has 7 nitrogen and oxygen atoms in total. The largest absolute Gasteiger partial charge is 0.357 e. The molecule has 0 aliphatic rings. The van der Waals surface area contributed by atoms with Gasteiger partial charge < -0.3 is 10.6 Å². The van der Waals surface area contributed by atoms with Crippen LogP contribution in [0.3, 0.4) is 0 Å². The molecule has 0 heterocycles. The Balaban J connectivity index is 2.70. The molecule has 0 saturated carbocycles. The summed E-state index contributed by atoms with van der Waals surface area (Å²) in [6.45, 7) is 9.88. The van der Waals surface area contributed by atoms with E-state index < -0.39 is 17.4 Å². The van der Waals surface area contributed by atoms with Crippen molar-refractivity contribution >= 4 is 17.7 Å².